The van der Waals surface area contributed by atoms with E-state index in [0.717, 1.165) is 11.8 Å². The van der Waals surface area contributed by atoms with E-state index in [1.807, 2.05) is 32.0 Å². The van der Waals surface area contributed by atoms with Crippen molar-refractivity contribution in [3.8, 4) is 0 Å². The highest BCUT2D eigenvalue weighted by molar-refractivity contribution is 7.99. The van der Waals surface area contributed by atoms with E-state index >= 15 is 0 Å². The number of anilines is 1. The Morgan fingerprint density at radius 2 is 2.08 bits per heavy atom. The van der Waals surface area contributed by atoms with Crippen molar-refractivity contribution >= 4 is 35.1 Å². The van der Waals surface area contributed by atoms with Crippen LogP contribution in [0, 0.1) is 0 Å². The van der Waals surface area contributed by atoms with Crippen molar-refractivity contribution in [2.45, 2.75) is 31.4 Å². The molecule has 2 amide bonds. The maximum atomic E-state index is 12.0. The van der Waals surface area contributed by atoms with Crippen molar-refractivity contribution in [2.75, 3.05) is 10.8 Å². The molecule has 0 atom stereocenters. The van der Waals surface area contributed by atoms with Crippen LogP contribution >= 0.6 is 11.8 Å². The first-order chi connectivity index (χ1) is 12.0. The standard InChI is InChI=1S/C16H17N5O3S/c1-10(2)15-18-19-16(24-15)25-9-13(22)17-12-8-14(23)21(20-12)11-6-4-3-5-7-11/h3-7,10H,8-9H2,1-2H3,(H,17,20,22). The number of carbonyl (C=O) groups excluding carboxylic acids is 2. The molecule has 2 heterocycles. The highest BCUT2D eigenvalue weighted by atomic mass is 32.2. The predicted molar refractivity (Wildman–Crippen MR) is 93.2 cm³/mol. The first kappa shape index (κ1) is 17.2. The molecule has 2 aromatic rings. The van der Waals surface area contributed by atoms with Gasteiger partial charge in [0.05, 0.1) is 17.9 Å². The zero-order chi connectivity index (χ0) is 17.8. The van der Waals surface area contributed by atoms with E-state index in [1.165, 1.54) is 5.01 Å². The highest BCUT2D eigenvalue weighted by Crippen LogP contribution is 2.21. The van der Waals surface area contributed by atoms with Crippen LogP contribution in [-0.2, 0) is 9.59 Å². The molecule has 130 valence electrons. The van der Waals surface area contributed by atoms with E-state index in [0.29, 0.717) is 22.6 Å². The minimum Gasteiger partial charge on any atom is -0.416 e. The van der Waals surface area contributed by atoms with Gasteiger partial charge in [-0.15, -0.1) is 10.2 Å². The van der Waals surface area contributed by atoms with Gasteiger partial charge in [-0.2, -0.15) is 10.1 Å². The summed E-state index contributed by atoms with van der Waals surface area (Å²) in [6.45, 7) is 3.89. The van der Waals surface area contributed by atoms with Gasteiger partial charge >= 0.3 is 0 Å². The summed E-state index contributed by atoms with van der Waals surface area (Å²) >= 11 is 1.14. The summed E-state index contributed by atoms with van der Waals surface area (Å²) < 4.78 is 5.43. The van der Waals surface area contributed by atoms with Crippen LogP contribution in [0.4, 0.5) is 5.69 Å². The Bertz CT molecular complexity index is 803. The summed E-state index contributed by atoms with van der Waals surface area (Å²) in [6.07, 6.45) is 0.0589. The number of hydrazone groups is 1. The fraction of sp³-hybridized carbons (Fsp3) is 0.312. The summed E-state index contributed by atoms with van der Waals surface area (Å²) in [7, 11) is 0. The quantitative estimate of drug-likeness (QED) is 0.821. The van der Waals surface area contributed by atoms with Crippen molar-refractivity contribution in [3.05, 3.63) is 36.2 Å². The molecule has 0 unspecified atom stereocenters. The van der Waals surface area contributed by atoms with Crippen molar-refractivity contribution in [3.63, 3.8) is 0 Å². The van der Waals surface area contributed by atoms with Crippen LogP contribution in [-0.4, -0.2) is 33.6 Å². The number of nitrogens with zero attached hydrogens (tertiary/aromatic N) is 4. The highest BCUT2D eigenvalue weighted by Gasteiger charge is 2.26. The van der Waals surface area contributed by atoms with Gasteiger partial charge in [-0.3, -0.25) is 9.59 Å². The number of hydrogen-bond acceptors (Lipinski definition) is 7. The molecule has 0 saturated heterocycles. The Hall–Kier alpha value is -2.68. The zero-order valence-electron chi connectivity index (χ0n) is 13.8. The molecule has 1 aromatic heterocycles. The summed E-state index contributed by atoms with van der Waals surface area (Å²) in [5.74, 6) is 0.625. The molecular formula is C16H17N5O3S. The van der Waals surface area contributed by atoms with E-state index < -0.39 is 0 Å². The van der Waals surface area contributed by atoms with Crippen LogP contribution < -0.4 is 10.3 Å². The second-order valence-corrected chi connectivity index (χ2v) is 6.59. The van der Waals surface area contributed by atoms with Gasteiger partial charge in [0.15, 0.2) is 0 Å². The number of para-hydroxylation sites is 1. The molecular weight excluding hydrogens is 342 g/mol. The number of benzene rings is 1. The van der Waals surface area contributed by atoms with E-state index in [2.05, 4.69) is 20.6 Å². The van der Waals surface area contributed by atoms with Gasteiger partial charge in [0.1, 0.15) is 5.84 Å². The second-order valence-electron chi connectivity index (χ2n) is 5.66. The van der Waals surface area contributed by atoms with Crippen LogP contribution in [0.15, 0.2) is 45.1 Å². The molecule has 0 saturated carbocycles. The van der Waals surface area contributed by atoms with E-state index in [1.54, 1.807) is 12.1 Å². The van der Waals surface area contributed by atoms with Crippen LogP contribution in [0.2, 0.25) is 0 Å². The van der Waals surface area contributed by atoms with Crippen LogP contribution in [0.25, 0.3) is 0 Å². The summed E-state index contributed by atoms with van der Waals surface area (Å²) in [4.78, 5) is 24.1. The number of carbonyl (C=O) groups is 2. The molecule has 1 aliphatic heterocycles. The van der Waals surface area contributed by atoms with Gasteiger partial charge in [-0.05, 0) is 12.1 Å². The van der Waals surface area contributed by atoms with E-state index in [-0.39, 0.29) is 29.9 Å². The molecule has 9 heteroatoms. The number of thioether (sulfide) groups is 1. The van der Waals surface area contributed by atoms with Gasteiger partial charge in [-0.1, -0.05) is 43.8 Å². The summed E-state index contributed by atoms with van der Waals surface area (Å²) in [5, 5.41) is 16.2. The predicted octanol–water partition coefficient (Wildman–Crippen LogP) is 2.15. The number of rotatable bonds is 5. The van der Waals surface area contributed by atoms with Crippen LogP contribution in [0.1, 0.15) is 32.1 Å². The lowest BCUT2D eigenvalue weighted by Crippen LogP contribution is -2.31. The molecule has 1 N–H and O–H groups in total. The monoisotopic (exact) mass is 359 g/mol. The Morgan fingerprint density at radius 1 is 1.32 bits per heavy atom. The lowest BCUT2D eigenvalue weighted by atomic mass is 10.2. The maximum Gasteiger partial charge on any atom is 0.277 e. The minimum atomic E-state index is -0.282. The fourth-order valence-electron chi connectivity index (χ4n) is 2.11. The fourth-order valence-corrected chi connectivity index (χ4v) is 2.68. The molecule has 1 aliphatic rings. The lowest BCUT2D eigenvalue weighted by molar-refractivity contribution is -0.117. The molecule has 3 rings (SSSR count). The average Bonchev–Trinajstić information content (AvgIpc) is 3.20. The van der Waals surface area contributed by atoms with Crippen molar-refractivity contribution in [1.29, 1.82) is 0 Å². The smallest absolute Gasteiger partial charge is 0.277 e. The Morgan fingerprint density at radius 3 is 2.76 bits per heavy atom. The molecule has 0 fully saturated rings. The number of amidine groups is 1. The lowest BCUT2D eigenvalue weighted by Gasteiger charge is -2.10. The number of nitrogens with one attached hydrogen (secondary N) is 1. The van der Waals surface area contributed by atoms with Crippen LogP contribution in [0.5, 0.6) is 0 Å². The number of amides is 2. The SMILES string of the molecule is CC(C)c1nnc(SCC(=O)NC2=NN(c3ccccc3)C(=O)C2)o1. The molecule has 8 nitrogen and oxygen atoms in total. The Balaban J connectivity index is 1.55. The largest absolute Gasteiger partial charge is 0.416 e. The van der Waals surface area contributed by atoms with Gasteiger partial charge in [-0.25, -0.2) is 0 Å². The van der Waals surface area contributed by atoms with Gasteiger partial charge < -0.3 is 9.73 Å². The third kappa shape index (κ3) is 4.24. The van der Waals surface area contributed by atoms with Crippen LogP contribution in [0.3, 0.4) is 0 Å². The van der Waals surface area contributed by atoms with E-state index in [9.17, 15) is 9.59 Å². The molecule has 0 aliphatic carbocycles. The minimum absolute atomic E-state index is 0.0589. The third-order valence-corrected chi connectivity index (χ3v) is 4.12. The second kappa shape index (κ2) is 7.47. The first-order valence-electron chi connectivity index (χ1n) is 7.74. The molecule has 1 aromatic carbocycles. The molecule has 0 radical (unpaired) electrons. The average molecular weight is 359 g/mol. The first-order valence-corrected chi connectivity index (χ1v) is 8.73. The Kier molecular flexibility index (Phi) is 5.13. The maximum absolute atomic E-state index is 12.0. The number of hydrogen-bond donors (Lipinski definition) is 1. The van der Waals surface area contributed by atoms with Crippen molar-refractivity contribution in [2.24, 2.45) is 5.10 Å². The molecule has 0 spiro atoms. The normalized spacial score (nSPS) is 14.1. The van der Waals surface area contributed by atoms with E-state index in [4.69, 9.17) is 4.42 Å². The summed E-state index contributed by atoms with van der Waals surface area (Å²) in [6, 6.07) is 9.06. The van der Waals surface area contributed by atoms with Gasteiger partial charge in [0, 0.05) is 5.92 Å². The van der Waals surface area contributed by atoms with Gasteiger partial charge in [0.25, 0.3) is 11.1 Å². The van der Waals surface area contributed by atoms with Gasteiger partial charge in [0.2, 0.25) is 11.8 Å². The molecule has 25 heavy (non-hydrogen) atoms. The number of aromatic nitrogens is 2. The zero-order valence-corrected chi connectivity index (χ0v) is 14.6. The Labute approximate surface area is 148 Å². The van der Waals surface area contributed by atoms with Crippen molar-refractivity contribution in [1.82, 2.24) is 15.5 Å². The third-order valence-electron chi connectivity index (χ3n) is 3.30. The molecule has 0 bridgehead atoms. The van der Waals surface area contributed by atoms with Crippen molar-refractivity contribution < 1.29 is 14.0 Å². The topological polar surface area (TPSA) is 101 Å². The summed E-state index contributed by atoms with van der Waals surface area (Å²) in [5.41, 5.74) is 0.665.